The highest BCUT2D eigenvalue weighted by Gasteiger charge is 2.18. The molecule has 2 aromatic rings. The van der Waals surface area contributed by atoms with E-state index in [2.05, 4.69) is 9.71 Å². The van der Waals surface area contributed by atoms with E-state index in [4.69, 9.17) is 4.74 Å². The average Bonchev–Trinajstić information content (AvgIpc) is 2.39. The zero-order valence-electron chi connectivity index (χ0n) is 10.6. The fourth-order valence-electron chi connectivity index (χ4n) is 1.69. The molecule has 0 aliphatic heterocycles. The standard InChI is InChI=1S/C13H14N2O3S/c1-10-6-3-4-8-12(10)19(16,17)15-11-7-5-9-14-13(11)18-2/h3-9,15H,1-2H3. The molecule has 5 nitrogen and oxygen atoms in total. The zero-order chi connectivity index (χ0) is 13.9. The molecule has 100 valence electrons. The van der Waals surface area contributed by atoms with Gasteiger partial charge in [-0.3, -0.25) is 4.72 Å². The first-order chi connectivity index (χ1) is 9.04. The van der Waals surface area contributed by atoms with Gasteiger partial charge in [0.1, 0.15) is 5.69 Å². The summed E-state index contributed by atoms with van der Waals surface area (Å²) in [6.07, 6.45) is 1.53. The van der Waals surface area contributed by atoms with Gasteiger partial charge in [-0.2, -0.15) is 0 Å². The van der Waals surface area contributed by atoms with Crippen molar-refractivity contribution in [3.05, 3.63) is 48.2 Å². The summed E-state index contributed by atoms with van der Waals surface area (Å²) < 4.78 is 32.1. The summed E-state index contributed by atoms with van der Waals surface area (Å²) in [6.45, 7) is 1.75. The van der Waals surface area contributed by atoms with Crippen molar-refractivity contribution in [2.75, 3.05) is 11.8 Å². The number of benzene rings is 1. The van der Waals surface area contributed by atoms with Crippen LogP contribution in [-0.2, 0) is 10.0 Å². The van der Waals surface area contributed by atoms with Gasteiger partial charge in [-0.1, -0.05) is 18.2 Å². The van der Waals surface area contributed by atoms with E-state index in [-0.39, 0.29) is 10.8 Å². The highest BCUT2D eigenvalue weighted by Crippen LogP contribution is 2.24. The molecule has 0 radical (unpaired) electrons. The molecule has 1 N–H and O–H groups in total. The first kappa shape index (κ1) is 13.4. The smallest absolute Gasteiger partial charge is 0.262 e. The molecule has 6 heteroatoms. The second-order valence-corrected chi connectivity index (χ2v) is 5.58. The first-order valence-corrected chi connectivity index (χ1v) is 7.10. The van der Waals surface area contributed by atoms with E-state index in [1.807, 2.05) is 0 Å². The van der Waals surface area contributed by atoms with Crippen LogP contribution >= 0.6 is 0 Å². The summed E-state index contributed by atoms with van der Waals surface area (Å²) in [7, 11) is -2.21. The van der Waals surface area contributed by atoms with Crippen LogP contribution < -0.4 is 9.46 Å². The van der Waals surface area contributed by atoms with Crippen molar-refractivity contribution in [1.82, 2.24) is 4.98 Å². The molecule has 0 saturated carbocycles. The number of nitrogens with one attached hydrogen (secondary N) is 1. The molecular formula is C13H14N2O3S. The van der Waals surface area contributed by atoms with Crippen molar-refractivity contribution in [2.24, 2.45) is 0 Å². The van der Waals surface area contributed by atoms with Crippen molar-refractivity contribution in [3.63, 3.8) is 0 Å². The molecule has 0 unspecified atom stereocenters. The van der Waals surface area contributed by atoms with E-state index in [0.29, 0.717) is 11.3 Å². The Morgan fingerprint density at radius 3 is 2.58 bits per heavy atom. The summed E-state index contributed by atoms with van der Waals surface area (Å²) in [5.74, 6) is 0.236. The number of hydrogen-bond acceptors (Lipinski definition) is 4. The van der Waals surface area contributed by atoms with Crippen LogP contribution in [-0.4, -0.2) is 20.5 Å². The molecule has 0 aliphatic carbocycles. The minimum Gasteiger partial charge on any atom is -0.480 e. The van der Waals surface area contributed by atoms with E-state index < -0.39 is 10.0 Å². The maximum atomic E-state index is 12.3. The van der Waals surface area contributed by atoms with Gasteiger partial charge in [-0.25, -0.2) is 13.4 Å². The third kappa shape index (κ3) is 2.85. The number of methoxy groups -OCH3 is 1. The largest absolute Gasteiger partial charge is 0.480 e. The van der Waals surface area contributed by atoms with Crippen molar-refractivity contribution >= 4 is 15.7 Å². The van der Waals surface area contributed by atoms with Crippen LogP contribution in [0, 0.1) is 6.92 Å². The molecule has 1 heterocycles. The molecule has 0 bridgehead atoms. The number of pyridine rings is 1. The lowest BCUT2D eigenvalue weighted by molar-refractivity contribution is 0.400. The maximum Gasteiger partial charge on any atom is 0.262 e. The summed E-state index contributed by atoms with van der Waals surface area (Å²) >= 11 is 0. The Balaban J connectivity index is 2.40. The molecule has 0 aliphatic rings. The SMILES string of the molecule is COc1ncccc1NS(=O)(=O)c1ccccc1C. The van der Waals surface area contributed by atoms with Crippen LogP contribution in [0.15, 0.2) is 47.5 Å². The van der Waals surface area contributed by atoms with Gasteiger partial charge in [0.2, 0.25) is 5.88 Å². The third-order valence-electron chi connectivity index (χ3n) is 2.59. The average molecular weight is 278 g/mol. The normalized spacial score (nSPS) is 11.1. The van der Waals surface area contributed by atoms with Crippen LogP contribution in [0.2, 0.25) is 0 Å². The zero-order valence-corrected chi connectivity index (χ0v) is 11.4. The first-order valence-electron chi connectivity index (χ1n) is 5.62. The molecule has 0 atom stereocenters. The minimum absolute atomic E-state index is 0.236. The van der Waals surface area contributed by atoms with Crippen LogP contribution in [0.1, 0.15) is 5.56 Å². The lowest BCUT2D eigenvalue weighted by Gasteiger charge is -2.12. The monoisotopic (exact) mass is 278 g/mol. The number of rotatable bonds is 4. The molecule has 19 heavy (non-hydrogen) atoms. The summed E-state index contributed by atoms with van der Waals surface area (Å²) in [6, 6.07) is 10.0. The Bertz CT molecular complexity index is 684. The van der Waals surface area contributed by atoms with E-state index in [1.165, 1.54) is 13.3 Å². The minimum atomic E-state index is -3.65. The molecule has 1 aromatic carbocycles. The Labute approximate surface area is 112 Å². The van der Waals surface area contributed by atoms with Crippen molar-refractivity contribution in [1.29, 1.82) is 0 Å². The quantitative estimate of drug-likeness (QED) is 0.931. The highest BCUT2D eigenvalue weighted by atomic mass is 32.2. The second-order valence-electron chi connectivity index (χ2n) is 3.93. The predicted octanol–water partition coefficient (Wildman–Crippen LogP) is 2.20. The topological polar surface area (TPSA) is 68.3 Å². The molecule has 1 aromatic heterocycles. The number of sulfonamides is 1. The number of hydrogen-bond donors (Lipinski definition) is 1. The lowest BCUT2D eigenvalue weighted by atomic mass is 10.2. The molecule has 0 spiro atoms. The Morgan fingerprint density at radius 2 is 1.89 bits per heavy atom. The van der Waals surface area contributed by atoms with Crippen LogP contribution in [0.25, 0.3) is 0 Å². The second kappa shape index (κ2) is 5.27. The molecule has 0 fully saturated rings. The van der Waals surface area contributed by atoms with Gasteiger partial charge in [-0.05, 0) is 30.7 Å². The summed E-state index contributed by atoms with van der Waals surface area (Å²) in [5.41, 5.74) is 0.992. The fourth-order valence-corrected chi connectivity index (χ4v) is 2.99. The van der Waals surface area contributed by atoms with Gasteiger partial charge < -0.3 is 4.74 Å². The number of ether oxygens (including phenoxy) is 1. The Morgan fingerprint density at radius 1 is 1.16 bits per heavy atom. The van der Waals surface area contributed by atoms with Gasteiger partial charge >= 0.3 is 0 Å². The van der Waals surface area contributed by atoms with Gasteiger partial charge in [0.05, 0.1) is 12.0 Å². The van der Waals surface area contributed by atoms with Gasteiger partial charge in [0.15, 0.2) is 0 Å². The fraction of sp³-hybridized carbons (Fsp3) is 0.154. The summed E-state index contributed by atoms with van der Waals surface area (Å²) in [5, 5.41) is 0. The van der Waals surface area contributed by atoms with Gasteiger partial charge in [0.25, 0.3) is 10.0 Å². The highest BCUT2D eigenvalue weighted by molar-refractivity contribution is 7.92. The van der Waals surface area contributed by atoms with Crippen LogP contribution in [0.4, 0.5) is 5.69 Å². The van der Waals surface area contributed by atoms with Crippen molar-refractivity contribution < 1.29 is 13.2 Å². The number of aromatic nitrogens is 1. The molecule has 2 rings (SSSR count). The van der Waals surface area contributed by atoms with E-state index in [1.54, 1.807) is 43.3 Å². The van der Waals surface area contributed by atoms with Gasteiger partial charge in [-0.15, -0.1) is 0 Å². The van der Waals surface area contributed by atoms with Crippen molar-refractivity contribution in [2.45, 2.75) is 11.8 Å². The molecule has 0 amide bonds. The molecular weight excluding hydrogens is 264 g/mol. The number of nitrogens with zero attached hydrogens (tertiary/aromatic N) is 1. The molecule has 0 saturated heterocycles. The Hall–Kier alpha value is -2.08. The van der Waals surface area contributed by atoms with E-state index in [9.17, 15) is 8.42 Å². The predicted molar refractivity (Wildman–Crippen MR) is 72.8 cm³/mol. The van der Waals surface area contributed by atoms with E-state index >= 15 is 0 Å². The van der Waals surface area contributed by atoms with E-state index in [0.717, 1.165) is 0 Å². The van der Waals surface area contributed by atoms with Crippen LogP contribution in [0.5, 0.6) is 5.88 Å². The van der Waals surface area contributed by atoms with Crippen LogP contribution in [0.3, 0.4) is 0 Å². The Kier molecular flexibility index (Phi) is 3.71. The lowest BCUT2D eigenvalue weighted by Crippen LogP contribution is -2.15. The third-order valence-corrected chi connectivity index (χ3v) is 4.12. The van der Waals surface area contributed by atoms with Crippen molar-refractivity contribution in [3.8, 4) is 5.88 Å². The number of anilines is 1. The van der Waals surface area contributed by atoms with Gasteiger partial charge in [0, 0.05) is 6.20 Å². The maximum absolute atomic E-state index is 12.3. The number of aryl methyl sites for hydroxylation is 1. The summed E-state index contributed by atoms with van der Waals surface area (Å²) in [4.78, 5) is 4.19.